The topological polar surface area (TPSA) is 91.2 Å². The number of carbonyl (C=O) groups excluding carboxylic acids is 2. The van der Waals surface area contributed by atoms with Gasteiger partial charge in [0.25, 0.3) is 5.91 Å². The number of phenolic OH excluding ortho intramolecular Hbond substituents is 1. The monoisotopic (exact) mass is 559 g/mol. The molecule has 0 saturated carbocycles. The van der Waals surface area contributed by atoms with Gasteiger partial charge in [0.05, 0.1) is 35.3 Å². The summed E-state index contributed by atoms with van der Waals surface area (Å²) in [6.45, 7) is 3.89. The minimum absolute atomic E-state index is 0.0550. The second kappa shape index (κ2) is 10.5. The highest BCUT2D eigenvalue weighted by atomic mass is 19.4. The lowest BCUT2D eigenvalue weighted by Crippen LogP contribution is -2.26. The largest absolute Gasteiger partial charge is 0.505 e. The first-order chi connectivity index (χ1) is 19.5. The molecule has 4 aromatic rings. The van der Waals surface area contributed by atoms with Crippen LogP contribution < -0.4 is 10.3 Å². The number of ether oxygens (including phenoxy) is 1. The van der Waals surface area contributed by atoms with Gasteiger partial charge in [0.1, 0.15) is 5.75 Å². The van der Waals surface area contributed by atoms with Crippen molar-refractivity contribution in [2.45, 2.75) is 20.0 Å². The number of para-hydroxylation sites is 1. The number of halogens is 3. The van der Waals surface area contributed by atoms with Crippen molar-refractivity contribution < 1.29 is 32.6 Å². The van der Waals surface area contributed by atoms with Crippen LogP contribution in [0.3, 0.4) is 0 Å². The summed E-state index contributed by atoms with van der Waals surface area (Å²) in [6.07, 6.45) is -4.66. The molecule has 41 heavy (non-hydrogen) atoms. The summed E-state index contributed by atoms with van der Waals surface area (Å²) >= 11 is 0. The Morgan fingerprint density at radius 2 is 1.63 bits per heavy atom. The number of amides is 1. The molecule has 7 nitrogen and oxygen atoms in total. The molecule has 5 rings (SSSR count). The lowest BCUT2D eigenvalue weighted by molar-refractivity contribution is -0.137. The Balaban J connectivity index is 1.58. The number of nitrogens with zero attached hydrogens (tertiary/aromatic N) is 2. The van der Waals surface area contributed by atoms with Crippen molar-refractivity contribution >= 4 is 34.7 Å². The van der Waals surface area contributed by atoms with Gasteiger partial charge in [-0.05, 0) is 61.9 Å². The van der Waals surface area contributed by atoms with Crippen LogP contribution in [-0.2, 0) is 15.7 Å². The number of aryl methyl sites for hydroxylation is 2. The van der Waals surface area contributed by atoms with Crippen molar-refractivity contribution in [1.29, 1.82) is 0 Å². The molecule has 0 fully saturated rings. The third kappa shape index (κ3) is 5.23. The van der Waals surface area contributed by atoms with Crippen LogP contribution in [0.4, 0.5) is 30.2 Å². The van der Waals surface area contributed by atoms with Gasteiger partial charge in [0.15, 0.2) is 5.71 Å². The maximum absolute atomic E-state index is 13.6. The molecule has 4 aromatic carbocycles. The Kier molecular flexibility index (Phi) is 7.00. The van der Waals surface area contributed by atoms with Gasteiger partial charge in [-0.15, -0.1) is 0 Å². The van der Waals surface area contributed by atoms with Crippen molar-refractivity contribution in [3.63, 3.8) is 0 Å². The zero-order chi connectivity index (χ0) is 29.5. The van der Waals surface area contributed by atoms with E-state index in [1.54, 1.807) is 18.2 Å². The number of alkyl halides is 3. The number of hydrogen-bond acceptors (Lipinski definition) is 6. The van der Waals surface area contributed by atoms with Crippen molar-refractivity contribution in [1.82, 2.24) is 0 Å². The van der Waals surface area contributed by atoms with Crippen LogP contribution in [0.25, 0.3) is 11.1 Å². The zero-order valence-electron chi connectivity index (χ0n) is 22.2. The molecule has 2 N–H and O–H groups in total. The van der Waals surface area contributed by atoms with Gasteiger partial charge < -0.3 is 9.84 Å². The minimum Gasteiger partial charge on any atom is -0.505 e. The summed E-state index contributed by atoms with van der Waals surface area (Å²) in [5.74, 6) is -1.50. The molecule has 1 aliphatic heterocycles. The van der Waals surface area contributed by atoms with Crippen LogP contribution in [0, 0.1) is 13.8 Å². The number of esters is 1. The Bertz CT molecular complexity index is 1710. The number of rotatable bonds is 5. The van der Waals surface area contributed by atoms with Gasteiger partial charge in [-0.3, -0.25) is 15.1 Å². The summed E-state index contributed by atoms with van der Waals surface area (Å²) in [5.41, 5.74) is 5.50. The first-order valence-corrected chi connectivity index (χ1v) is 12.5. The summed E-state index contributed by atoms with van der Waals surface area (Å²) < 4.78 is 45.5. The van der Waals surface area contributed by atoms with Crippen molar-refractivity contribution in [2.24, 2.45) is 5.10 Å². The van der Waals surface area contributed by atoms with E-state index in [4.69, 9.17) is 4.74 Å². The number of fused-ring (bicyclic) bond motifs is 1. The molecule has 10 heteroatoms. The molecule has 1 amide bonds. The average Bonchev–Trinajstić information content (AvgIpc) is 3.21. The third-order valence-electron chi connectivity index (χ3n) is 6.61. The van der Waals surface area contributed by atoms with Crippen LogP contribution in [0.2, 0.25) is 0 Å². The highest BCUT2D eigenvalue weighted by molar-refractivity contribution is 6.55. The number of aromatic hydroxyl groups is 1. The summed E-state index contributed by atoms with van der Waals surface area (Å²) in [6, 6.07) is 19.6. The molecule has 208 valence electrons. The Morgan fingerprint density at radius 3 is 2.32 bits per heavy atom. The molecule has 1 heterocycles. The fourth-order valence-corrected chi connectivity index (χ4v) is 4.79. The van der Waals surface area contributed by atoms with E-state index in [0.717, 1.165) is 33.7 Å². The molecule has 0 bridgehead atoms. The maximum atomic E-state index is 13.6. The third-order valence-corrected chi connectivity index (χ3v) is 6.61. The maximum Gasteiger partial charge on any atom is 0.416 e. The minimum atomic E-state index is -4.66. The molecule has 0 saturated heterocycles. The molecule has 0 radical (unpaired) electrons. The van der Waals surface area contributed by atoms with Gasteiger partial charge >= 0.3 is 12.1 Å². The molecular formula is C31H24F3N3O4. The van der Waals surface area contributed by atoms with Gasteiger partial charge in [0.2, 0.25) is 0 Å². The number of anilines is 3. The Labute approximate surface area is 233 Å². The average molecular weight is 560 g/mol. The lowest BCUT2D eigenvalue weighted by Gasteiger charge is -2.18. The predicted octanol–water partition coefficient (Wildman–Crippen LogP) is 6.98. The fraction of sp³-hybridized carbons (Fsp3) is 0.129. The van der Waals surface area contributed by atoms with Crippen LogP contribution in [-0.4, -0.2) is 29.8 Å². The normalized spacial score (nSPS) is 13.9. The number of phenols is 1. The molecule has 1 aliphatic rings. The first kappa shape index (κ1) is 27.4. The number of benzene rings is 4. The molecule has 0 atom stereocenters. The SMILES string of the molecule is COC(=O)c1cccc(N2C(=O)C(=NNc3cccc(-c4cc(C)cc(C)c4)c3O)c3ccc(C(F)(F)F)cc32)c1. The summed E-state index contributed by atoms with van der Waals surface area (Å²) in [7, 11) is 1.20. The van der Waals surface area contributed by atoms with E-state index in [9.17, 15) is 27.9 Å². The van der Waals surface area contributed by atoms with Crippen molar-refractivity contribution in [3.8, 4) is 16.9 Å². The predicted molar refractivity (Wildman–Crippen MR) is 150 cm³/mol. The molecule has 0 aliphatic carbocycles. The number of hydrogen-bond donors (Lipinski definition) is 2. The van der Waals surface area contributed by atoms with Crippen molar-refractivity contribution in [3.05, 3.63) is 107 Å². The van der Waals surface area contributed by atoms with E-state index in [-0.39, 0.29) is 39.7 Å². The van der Waals surface area contributed by atoms with Gasteiger partial charge in [-0.1, -0.05) is 47.5 Å². The number of nitrogens with one attached hydrogen (secondary N) is 1. The highest BCUT2D eigenvalue weighted by Crippen LogP contribution is 2.41. The standard InChI is InChI=1S/C31H24F3N3O4/c1-17-12-18(2)14-20(13-17)23-8-5-9-25(28(23)38)35-36-27-24-11-10-21(31(32,33)34)16-26(24)37(29(27)39)22-7-4-6-19(15-22)30(40)41-3/h4-16,35,38H,1-3H3. The second-order valence-corrected chi connectivity index (χ2v) is 9.56. The van der Waals surface area contributed by atoms with Gasteiger partial charge in [-0.2, -0.15) is 18.3 Å². The zero-order valence-corrected chi connectivity index (χ0v) is 22.2. The Hall–Kier alpha value is -5.12. The van der Waals surface area contributed by atoms with E-state index in [1.807, 2.05) is 32.0 Å². The summed E-state index contributed by atoms with van der Waals surface area (Å²) in [5, 5.41) is 15.3. The van der Waals surface area contributed by atoms with E-state index >= 15 is 0 Å². The van der Waals surface area contributed by atoms with Gasteiger partial charge in [0, 0.05) is 11.1 Å². The lowest BCUT2D eigenvalue weighted by atomic mass is 9.99. The number of carbonyl (C=O) groups is 2. The second-order valence-electron chi connectivity index (χ2n) is 9.56. The first-order valence-electron chi connectivity index (χ1n) is 12.5. The Morgan fingerprint density at radius 1 is 0.927 bits per heavy atom. The molecule has 0 unspecified atom stereocenters. The van der Waals surface area contributed by atoms with Crippen LogP contribution in [0.5, 0.6) is 5.75 Å². The van der Waals surface area contributed by atoms with Crippen LogP contribution in [0.1, 0.15) is 32.6 Å². The van der Waals surface area contributed by atoms with Crippen LogP contribution in [0.15, 0.2) is 84.0 Å². The quantitative estimate of drug-likeness (QED) is 0.156. The fourth-order valence-electron chi connectivity index (χ4n) is 4.79. The van der Waals surface area contributed by atoms with E-state index in [2.05, 4.69) is 10.5 Å². The van der Waals surface area contributed by atoms with Crippen LogP contribution >= 0.6 is 0 Å². The van der Waals surface area contributed by atoms with Crippen molar-refractivity contribution in [2.75, 3.05) is 17.4 Å². The van der Waals surface area contributed by atoms with E-state index in [1.165, 1.54) is 37.4 Å². The summed E-state index contributed by atoms with van der Waals surface area (Å²) in [4.78, 5) is 26.8. The smallest absolute Gasteiger partial charge is 0.416 e. The number of methoxy groups -OCH3 is 1. The number of hydrazone groups is 1. The highest BCUT2D eigenvalue weighted by Gasteiger charge is 2.39. The molecule has 0 spiro atoms. The van der Waals surface area contributed by atoms with E-state index in [0.29, 0.717) is 5.56 Å². The van der Waals surface area contributed by atoms with E-state index < -0.39 is 23.6 Å². The van der Waals surface area contributed by atoms with Gasteiger partial charge in [-0.25, -0.2) is 4.79 Å². The molecular weight excluding hydrogens is 535 g/mol. The molecule has 0 aromatic heterocycles.